The molecule has 1 rings (SSSR count). The maximum absolute atomic E-state index is 12.5. The van der Waals surface area contributed by atoms with Crippen LogP contribution in [0.4, 0.5) is 5.69 Å². The molecule has 0 saturated heterocycles. The first-order valence-electron chi connectivity index (χ1n) is 6.66. The third kappa shape index (κ3) is 5.22. The van der Waals surface area contributed by atoms with Crippen molar-refractivity contribution in [2.24, 2.45) is 0 Å². The number of para-hydroxylation sites is 1. The molecule has 140 valence electrons. The Morgan fingerprint density at radius 2 is 1.84 bits per heavy atom. The van der Waals surface area contributed by atoms with Crippen molar-refractivity contribution in [1.82, 2.24) is 0 Å². The summed E-state index contributed by atoms with van der Waals surface area (Å²) in [6.45, 7) is -1.11. The fraction of sp³-hybridized carbons (Fsp3) is 0.417. The van der Waals surface area contributed by atoms with Gasteiger partial charge in [0.25, 0.3) is 0 Å². The van der Waals surface area contributed by atoms with E-state index in [4.69, 9.17) is 13.2 Å². The SMILES string of the molecule is O=C(O)[C@H](O)[C@@H](O)[C@H]([O][Sb](=[O])([OH])[c]1ccccc1[N+](=O)[O-])[C@H](O)CO. The van der Waals surface area contributed by atoms with Crippen molar-refractivity contribution < 1.29 is 44.7 Å². The van der Waals surface area contributed by atoms with Crippen LogP contribution in [-0.4, -0.2) is 90.5 Å². The van der Waals surface area contributed by atoms with E-state index in [1.165, 1.54) is 12.1 Å². The molecule has 0 aromatic heterocycles. The van der Waals surface area contributed by atoms with Gasteiger partial charge in [-0.05, 0) is 0 Å². The first-order valence-corrected chi connectivity index (χ1v) is 11.2. The molecule has 0 heterocycles. The molecule has 1 aromatic rings. The van der Waals surface area contributed by atoms with Crippen LogP contribution in [0.15, 0.2) is 24.3 Å². The summed E-state index contributed by atoms with van der Waals surface area (Å²) in [6.07, 6.45) is -9.13. The quantitative estimate of drug-likeness (QED) is 0.119. The molecule has 13 heteroatoms. The van der Waals surface area contributed by atoms with Crippen LogP contribution in [-0.2, 0) is 10.8 Å². The molecule has 5 atom stereocenters. The Morgan fingerprint density at radius 1 is 1.28 bits per heavy atom. The zero-order valence-corrected chi connectivity index (χ0v) is 15.0. The number of nitrogens with zero attached hydrogens (tertiary/aromatic N) is 1. The molecule has 1 aromatic carbocycles. The molecular weight excluding hydrogens is 456 g/mol. The summed E-state index contributed by atoms with van der Waals surface area (Å²) in [5, 5.41) is 57.3. The van der Waals surface area contributed by atoms with Crippen molar-refractivity contribution in [1.29, 1.82) is 0 Å². The predicted molar refractivity (Wildman–Crippen MR) is 79.0 cm³/mol. The molecule has 1 unspecified atom stereocenters. The van der Waals surface area contributed by atoms with Crippen molar-refractivity contribution in [2.45, 2.75) is 24.4 Å². The van der Waals surface area contributed by atoms with E-state index < -0.39 is 70.7 Å². The summed E-state index contributed by atoms with van der Waals surface area (Å²) in [7, 11) is 0. The number of carboxylic acid groups (broad SMARTS) is 1. The molecule has 0 radical (unpaired) electrons. The van der Waals surface area contributed by atoms with Gasteiger partial charge in [-0.25, -0.2) is 0 Å². The molecule has 25 heavy (non-hydrogen) atoms. The Hall–Kier alpha value is -1.53. The van der Waals surface area contributed by atoms with Gasteiger partial charge < -0.3 is 0 Å². The summed E-state index contributed by atoms with van der Waals surface area (Å²) in [4.78, 5) is 20.7. The van der Waals surface area contributed by atoms with E-state index in [1.54, 1.807) is 0 Å². The van der Waals surface area contributed by atoms with E-state index in [0.717, 1.165) is 12.1 Å². The van der Waals surface area contributed by atoms with Crippen molar-refractivity contribution in [3.05, 3.63) is 34.4 Å². The fourth-order valence-electron chi connectivity index (χ4n) is 1.87. The summed E-state index contributed by atoms with van der Waals surface area (Å²) in [6, 6.07) is 4.29. The normalized spacial score (nSPS) is 18.6. The number of rotatable bonds is 9. The zero-order valence-electron chi connectivity index (χ0n) is 12.4. The van der Waals surface area contributed by atoms with Crippen molar-refractivity contribution in [2.75, 3.05) is 6.61 Å². The Balaban J connectivity index is 3.25. The molecule has 0 bridgehead atoms. The van der Waals surface area contributed by atoms with E-state index in [0.29, 0.717) is 0 Å². The van der Waals surface area contributed by atoms with Crippen LogP contribution in [0.5, 0.6) is 0 Å². The van der Waals surface area contributed by atoms with Gasteiger partial charge in [-0.1, -0.05) is 0 Å². The van der Waals surface area contributed by atoms with Gasteiger partial charge in [-0.3, -0.25) is 0 Å². The number of carbonyl (C=O) groups is 1. The fourth-order valence-corrected chi connectivity index (χ4v) is 5.95. The molecule has 0 saturated carbocycles. The number of aliphatic carboxylic acids is 1. The number of carboxylic acids is 1. The van der Waals surface area contributed by atoms with Crippen LogP contribution in [0.2, 0.25) is 0 Å². The molecular formula is C12H16NO11Sb. The van der Waals surface area contributed by atoms with Crippen LogP contribution >= 0.6 is 0 Å². The average molecular weight is 472 g/mol. The second-order valence-electron chi connectivity index (χ2n) is 4.86. The monoisotopic (exact) mass is 471 g/mol. The molecule has 0 aliphatic rings. The predicted octanol–water partition coefficient (Wildman–Crippen LogP) is -3.29. The molecule has 6 N–H and O–H groups in total. The topological polar surface area (TPSA) is 208 Å². The molecule has 0 fully saturated rings. The van der Waals surface area contributed by atoms with Crippen LogP contribution in [0.3, 0.4) is 0 Å². The number of nitro groups is 1. The van der Waals surface area contributed by atoms with E-state index in [-0.39, 0.29) is 0 Å². The number of nitro benzene ring substituents is 1. The Labute approximate surface area is 145 Å². The first kappa shape index (κ1) is 21.5. The zero-order chi connectivity index (χ0) is 19.4. The van der Waals surface area contributed by atoms with E-state index >= 15 is 0 Å². The number of aliphatic hydroxyl groups excluding tert-OH is 4. The third-order valence-corrected chi connectivity index (χ3v) is 7.45. The summed E-state index contributed by atoms with van der Waals surface area (Å²) < 4.78 is 26.6. The molecule has 0 amide bonds. The van der Waals surface area contributed by atoms with Gasteiger partial charge in [0.1, 0.15) is 0 Å². The first-order chi connectivity index (χ1) is 11.5. The van der Waals surface area contributed by atoms with Gasteiger partial charge in [0, 0.05) is 0 Å². The molecule has 0 aliphatic carbocycles. The second-order valence-corrected chi connectivity index (χ2v) is 9.81. The van der Waals surface area contributed by atoms with E-state index in [2.05, 4.69) is 0 Å². The summed E-state index contributed by atoms with van der Waals surface area (Å²) in [5.41, 5.74) is -0.753. The maximum atomic E-state index is 12.5. The summed E-state index contributed by atoms with van der Waals surface area (Å²) in [5.74, 6) is -1.92. The molecule has 0 aliphatic heterocycles. The molecule has 12 nitrogen and oxygen atoms in total. The van der Waals surface area contributed by atoms with E-state index in [9.17, 15) is 36.6 Å². The standard InChI is InChI=1S/C6H4NO2.C6H11O7.H2O.O.Sb/c8-7(9)6-4-2-1-3-5-6;7-1-2(8)3(9)4(10)5(11)6(12)13;;;/h1-4H;2-5,7-8,10-11H,1H2,(H,12,13);1H2;;/q;-1;;;+2/p-1/t;2-,3-,4+,5-;;;/m.1.../s1. The van der Waals surface area contributed by atoms with Crippen molar-refractivity contribution in [3.63, 3.8) is 0 Å². The third-order valence-electron chi connectivity index (χ3n) is 3.13. The van der Waals surface area contributed by atoms with Crippen LogP contribution in [0.1, 0.15) is 0 Å². The van der Waals surface area contributed by atoms with Gasteiger partial charge in [0.2, 0.25) is 0 Å². The van der Waals surface area contributed by atoms with Crippen LogP contribution < -0.4 is 3.51 Å². The second kappa shape index (κ2) is 8.72. The van der Waals surface area contributed by atoms with Gasteiger partial charge >= 0.3 is 145 Å². The van der Waals surface area contributed by atoms with Gasteiger partial charge in [0.05, 0.1) is 0 Å². The average Bonchev–Trinajstić information content (AvgIpc) is 2.57. The van der Waals surface area contributed by atoms with Gasteiger partial charge in [-0.2, -0.15) is 0 Å². The number of benzene rings is 1. The van der Waals surface area contributed by atoms with Gasteiger partial charge in [0.15, 0.2) is 0 Å². The Bertz CT molecular complexity index is 681. The number of hydrogen-bond acceptors (Lipinski definition) is 9. The minimum absolute atomic E-state index is 0.696. The van der Waals surface area contributed by atoms with E-state index in [1.807, 2.05) is 0 Å². The van der Waals surface area contributed by atoms with Crippen LogP contribution in [0.25, 0.3) is 0 Å². The summed E-state index contributed by atoms with van der Waals surface area (Å²) >= 11 is -6.14. The Kier molecular flexibility index (Phi) is 7.50. The molecule has 0 spiro atoms. The number of aliphatic hydroxyl groups is 4. The van der Waals surface area contributed by atoms with Crippen molar-refractivity contribution >= 4 is 34.8 Å². The van der Waals surface area contributed by atoms with Gasteiger partial charge in [-0.15, -0.1) is 0 Å². The minimum atomic E-state index is -6.14. The van der Waals surface area contributed by atoms with Crippen molar-refractivity contribution in [3.8, 4) is 0 Å². The Morgan fingerprint density at radius 3 is 2.32 bits per heavy atom. The van der Waals surface area contributed by atoms with Crippen LogP contribution in [0, 0.1) is 10.1 Å². The number of hydrogen-bond donors (Lipinski definition) is 6.